The summed E-state index contributed by atoms with van der Waals surface area (Å²) in [7, 11) is 1.79. The van der Waals surface area contributed by atoms with E-state index >= 15 is 0 Å². The number of aryl methyl sites for hydroxylation is 1. The van der Waals surface area contributed by atoms with Crippen LogP contribution in [0.25, 0.3) is 0 Å². The molecule has 2 aromatic rings. The predicted molar refractivity (Wildman–Crippen MR) is 68.1 cm³/mol. The first-order valence-corrected chi connectivity index (χ1v) is 5.83. The average molecular weight is 316 g/mol. The van der Waals surface area contributed by atoms with E-state index in [0.29, 0.717) is 11.4 Å². The van der Waals surface area contributed by atoms with Gasteiger partial charge >= 0.3 is 0 Å². The molecule has 5 nitrogen and oxygen atoms in total. The third-order valence-electron chi connectivity index (χ3n) is 1.99. The van der Waals surface area contributed by atoms with Crippen molar-refractivity contribution in [3.63, 3.8) is 0 Å². The molecule has 0 aliphatic heterocycles. The molecule has 88 valence electrons. The molecular formula is C10H8BrClN4O. The summed E-state index contributed by atoms with van der Waals surface area (Å²) in [6, 6.07) is 1.68. The molecule has 0 unspecified atom stereocenters. The van der Waals surface area contributed by atoms with Gasteiger partial charge in [-0.15, -0.1) is 0 Å². The molecule has 17 heavy (non-hydrogen) atoms. The number of anilines is 1. The van der Waals surface area contributed by atoms with Crippen LogP contribution in [0.5, 0.6) is 0 Å². The first-order valence-electron chi connectivity index (χ1n) is 4.66. The Kier molecular flexibility index (Phi) is 3.44. The van der Waals surface area contributed by atoms with Gasteiger partial charge in [0.2, 0.25) is 0 Å². The van der Waals surface area contributed by atoms with Gasteiger partial charge in [0, 0.05) is 23.9 Å². The second kappa shape index (κ2) is 4.85. The van der Waals surface area contributed by atoms with Crippen molar-refractivity contribution in [1.82, 2.24) is 14.5 Å². The van der Waals surface area contributed by atoms with Gasteiger partial charge in [0.25, 0.3) is 5.91 Å². The normalized spacial score (nSPS) is 10.3. The van der Waals surface area contributed by atoms with E-state index in [1.165, 1.54) is 0 Å². The zero-order valence-corrected chi connectivity index (χ0v) is 11.2. The number of pyridine rings is 1. The molecule has 0 saturated heterocycles. The maximum Gasteiger partial charge on any atom is 0.275 e. The molecule has 0 spiro atoms. The number of rotatable bonds is 2. The summed E-state index contributed by atoms with van der Waals surface area (Å²) in [4.78, 5) is 19.7. The Morgan fingerprint density at radius 2 is 2.29 bits per heavy atom. The van der Waals surface area contributed by atoms with Crippen molar-refractivity contribution < 1.29 is 4.79 Å². The highest BCUT2D eigenvalue weighted by molar-refractivity contribution is 9.10. The fourth-order valence-electron chi connectivity index (χ4n) is 1.23. The topological polar surface area (TPSA) is 59.8 Å². The number of nitrogens with zero attached hydrogens (tertiary/aromatic N) is 3. The van der Waals surface area contributed by atoms with Gasteiger partial charge in [0.15, 0.2) is 5.15 Å². The van der Waals surface area contributed by atoms with E-state index in [0.717, 1.165) is 4.47 Å². The van der Waals surface area contributed by atoms with Crippen molar-refractivity contribution in [3.8, 4) is 0 Å². The number of amides is 1. The minimum absolute atomic E-state index is 0.234. The fraction of sp³-hybridized carbons (Fsp3) is 0.100. The molecule has 1 N–H and O–H groups in total. The molecule has 0 fully saturated rings. The molecule has 0 aliphatic rings. The SMILES string of the molecule is Cn1cnc(C(=O)Nc2cc(Br)cnc2Cl)c1. The maximum absolute atomic E-state index is 11.8. The lowest BCUT2D eigenvalue weighted by Crippen LogP contribution is -2.13. The molecular weight excluding hydrogens is 307 g/mol. The van der Waals surface area contributed by atoms with Crippen LogP contribution in [-0.4, -0.2) is 20.4 Å². The number of nitrogens with one attached hydrogen (secondary N) is 1. The molecule has 2 heterocycles. The van der Waals surface area contributed by atoms with Crippen LogP contribution in [0, 0.1) is 0 Å². The Hall–Kier alpha value is -1.40. The van der Waals surface area contributed by atoms with Crippen LogP contribution in [0.3, 0.4) is 0 Å². The number of carbonyl (C=O) groups excluding carboxylic acids is 1. The summed E-state index contributed by atoms with van der Waals surface area (Å²) in [5.41, 5.74) is 0.764. The number of imidazole rings is 1. The molecule has 2 aromatic heterocycles. The second-order valence-electron chi connectivity index (χ2n) is 3.37. The summed E-state index contributed by atoms with van der Waals surface area (Å²) in [6.45, 7) is 0. The highest BCUT2D eigenvalue weighted by atomic mass is 79.9. The van der Waals surface area contributed by atoms with Gasteiger partial charge in [-0.25, -0.2) is 9.97 Å². The Balaban J connectivity index is 2.21. The average Bonchev–Trinajstić information content (AvgIpc) is 2.70. The van der Waals surface area contributed by atoms with Crippen molar-refractivity contribution in [2.75, 3.05) is 5.32 Å². The minimum Gasteiger partial charge on any atom is -0.340 e. The van der Waals surface area contributed by atoms with Gasteiger partial charge in [-0.3, -0.25) is 4.79 Å². The summed E-state index contributed by atoms with van der Waals surface area (Å²) in [6.07, 6.45) is 4.73. The van der Waals surface area contributed by atoms with Crippen LogP contribution in [0.2, 0.25) is 5.15 Å². The highest BCUT2D eigenvalue weighted by Gasteiger charge is 2.11. The van der Waals surface area contributed by atoms with E-state index in [1.807, 2.05) is 0 Å². The van der Waals surface area contributed by atoms with Crippen LogP contribution in [0.4, 0.5) is 5.69 Å². The molecule has 2 rings (SSSR count). The lowest BCUT2D eigenvalue weighted by Gasteiger charge is -2.05. The molecule has 0 bridgehead atoms. The zero-order chi connectivity index (χ0) is 12.4. The minimum atomic E-state index is -0.326. The van der Waals surface area contributed by atoms with Crippen LogP contribution in [0.15, 0.2) is 29.3 Å². The fourth-order valence-corrected chi connectivity index (χ4v) is 1.71. The monoisotopic (exact) mass is 314 g/mol. The van der Waals surface area contributed by atoms with Gasteiger partial charge in [0.1, 0.15) is 5.69 Å². The lowest BCUT2D eigenvalue weighted by molar-refractivity contribution is 0.102. The summed E-state index contributed by atoms with van der Waals surface area (Å²) >= 11 is 9.12. The van der Waals surface area contributed by atoms with Gasteiger partial charge in [-0.2, -0.15) is 0 Å². The standard InChI is InChI=1S/C10H8BrClN4O/c1-16-4-8(14-5-16)10(17)15-7-2-6(11)3-13-9(7)12/h2-5H,1H3,(H,15,17). The molecule has 0 aromatic carbocycles. The van der Waals surface area contributed by atoms with Crippen molar-refractivity contribution in [1.29, 1.82) is 0 Å². The summed E-state index contributed by atoms with van der Waals surface area (Å²) in [5, 5.41) is 2.88. The van der Waals surface area contributed by atoms with Crippen LogP contribution in [-0.2, 0) is 7.05 Å². The van der Waals surface area contributed by atoms with Crippen molar-refractivity contribution in [2.45, 2.75) is 0 Å². The lowest BCUT2D eigenvalue weighted by atomic mass is 10.4. The van der Waals surface area contributed by atoms with Crippen molar-refractivity contribution in [2.24, 2.45) is 7.05 Å². The third-order valence-corrected chi connectivity index (χ3v) is 2.73. The first kappa shape index (κ1) is 12.1. The number of carbonyl (C=O) groups is 1. The Morgan fingerprint density at radius 3 is 2.94 bits per heavy atom. The van der Waals surface area contributed by atoms with E-state index in [1.54, 1.807) is 36.4 Å². The van der Waals surface area contributed by atoms with E-state index in [9.17, 15) is 4.79 Å². The number of hydrogen-bond acceptors (Lipinski definition) is 3. The highest BCUT2D eigenvalue weighted by Crippen LogP contribution is 2.23. The van der Waals surface area contributed by atoms with Crippen molar-refractivity contribution in [3.05, 3.63) is 40.1 Å². The van der Waals surface area contributed by atoms with E-state index in [4.69, 9.17) is 11.6 Å². The van der Waals surface area contributed by atoms with Gasteiger partial charge < -0.3 is 9.88 Å². The molecule has 0 aliphatic carbocycles. The van der Waals surface area contributed by atoms with Gasteiger partial charge in [-0.05, 0) is 22.0 Å². The van der Waals surface area contributed by atoms with E-state index in [-0.39, 0.29) is 11.1 Å². The molecule has 0 radical (unpaired) electrons. The summed E-state index contributed by atoms with van der Waals surface area (Å²) < 4.78 is 2.42. The number of hydrogen-bond donors (Lipinski definition) is 1. The van der Waals surface area contributed by atoms with Crippen LogP contribution < -0.4 is 5.32 Å². The predicted octanol–water partition coefficient (Wildman–Crippen LogP) is 2.48. The Bertz CT molecular complexity index is 569. The Labute approximate surface area is 111 Å². The number of halogens is 2. The van der Waals surface area contributed by atoms with Crippen molar-refractivity contribution >= 4 is 39.1 Å². The Morgan fingerprint density at radius 1 is 1.53 bits per heavy atom. The summed E-state index contributed by atoms with van der Waals surface area (Å²) in [5.74, 6) is -0.326. The zero-order valence-electron chi connectivity index (χ0n) is 8.82. The maximum atomic E-state index is 11.8. The van der Waals surface area contributed by atoms with Crippen LogP contribution >= 0.6 is 27.5 Å². The van der Waals surface area contributed by atoms with E-state index in [2.05, 4.69) is 31.2 Å². The van der Waals surface area contributed by atoms with Gasteiger partial charge in [0.05, 0.1) is 12.0 Å². The second-order valence-corrected chi connectivity index (χ2v) is 4.64. The molecule has 0 atom stereocenters. The largest absolute Gasteiger partial charge is 0.340 e. The van der Waals surface area contributed by atoms with Gasteiger partial charge in [-0.1, -0.05) is 11.6 Å². The van der Waals surface area contributed by atoms with Crippen LogP contribution in [0.1, 0.15) is 10.5 Å². The number of aromatic nitrogens is 3. The molecule has 0 saturated carbocycles. The molecule has 1 amide bonds. The third kappa shape index (κ3) is 2.83. The molecule has 7 heteroatoms. The quantitative estimate of drug-likeness (QED) is 0.866. The smallest absolute Gasteiger partial charge is 0.275 e. The first-order chi connectivity index (χ1) is 8.06. The van der Waals surface area contributed by atoms with E-state index < -0.39 is 0 Å².